The Bertz CT molecular complexity index is 1030. The number of benzene rings is 2. The van der Waals surface area contributed by atoms with Gasteiger partial charge in [0.2, 0.25) is 6.23 Å². The summed E-state index contributed by atoms with van der Waals surface area (Å²) >= 11 is 0. The minimum absolute atomic E-state index is 0.0649. The number of hydrazone groups is 1. The summed E-state index contributed by atoms with van der Waals surface area (Å²) in [7, 11) is 0. The smallest absolute Gasteiger partial charge is 0.215 e. The number of phenolic OH excluding ortho intramolecular Hbond substituents is 1. The molecule has 3 aromatic rings. The summed E-state index contributed by atoms with van der Waals surface area (Å²) < 4.78 is 6.29. The number of phenols is 1. The van der Waals surface area contributed by atoms with Crippen LogP contribution in [0.25, 0.3) is 0 Å². The Morgan fingerprint density at radius 2 is 2.00 bits per heavy atom. The normalized spacial score (nSPS) is 20.5. The van der Waals surface area contributed by atoms with Gasteiger partial charge in [0.1, 0.15) is 11.5 Å². The van der Waals surface area contributed by atoms with Crippen LogP contribution in [0.1, 0.15) is 40.9 Å². The van der Waals surface area contributed by atoms with Crippen LogP contribution in [0.5, 0.6) is 11.5 Å². The summed E-state index contributed by atoms with van der Waals surface area (Å²) in [4.78, 5) is 4.24. The number of nitrogens with zero attached hydrogens (tertiary/aromatic N) is 3. The number of rotatable bonds is 2. The van der Waals surface area contributed by atoms with Gasteiger partial charge >= 0.3 is 0 Å². The van der Waals surface area contributed by atoms with Crippen molar-refractivity contribution < 1.29 is 9.84 Å². The molecule has 3 heterocycles. The summed E-state index contributed by atoms with van der Waals surface area (Å²) in [6, 6.07) is 17.7. The average Bonchev–Trinajstić information content (AvgIpc) is 3.15. The highest BCUT2D eigenvalue weighted by atomic mass is 16.5. The van der Waals surface area contributed by atoms with Crippen LogP contribution in [-0.2, 0) is 0 Å². The molecule has 0 bridgehead atoms. The standard InChI is InChI=1S/C22H19N3O2/c1-14-8-9-20(26)17(11-14)18-12-19-16-6-2-3-7-21(16)27-22(25(19)24-18)15-5-4-10-23-13-15/h2-11,13,19,22,26H,12H2,1H3/t19-,22-/m0/s1. The number of para-hydroxylation sites is 1. The molecule has 2 atom stereocenters. The SMILES string of the molecule is Cc1ccc(O)c(C2=NN3[C@@H](C2)c2ccccc2O[C@H]3c2cccnc2)c1. The summed E-state index contributed by atoms with van der Waals surface area (Å²) in [5.41, 5.74) is 4.82. The number of hydrogen-bond donors (Lipinski definition) is 1. The van der Waals surface area contributed by atoms with Crippen molar-refractivity contribution in [1.82, 2.24) is 9.99 Å². The van der Waals surface area contributed by atoms with Crippen molar-refractivity contribution in [2.75, 3.05) is 0 Å². The van der Waals surface area contributed by atoms with E-state index in [1.165, 1.54) is 0 Å². The molecule has 0 amide bonds. The van der Waals surface area contributed by atoms with Crippen LogP contribution in [0, 0.1) is 6.92 Å². The molecule has 5 nitrogen and oxygen atoms in total. The largest absolute Gasteiger partial charge is 0.507 e. The van der Waals surface area contributed by atoms with Gasteiger partial charge < -0.3 is 9.84 Å². The zero-order valence-corrected chi connectivity index (χ0v) is 14.9. The number of hydrogen-bond acceptors (Lipinski definition) is 5. The second kappa shape index (κ2) is 6.13. The van der Waals surface area contributed by atoms with Gasteiger partial charge in [-0.05, 0) is 31.2 Å². The number of pyridine rings is 1. The van der Waals surface area contributed by atoms with Crippen molar-refractivity contribution in [3.63, 3.8) is 0 Å². The van der Waals surface area contributed by atoms with Crippen LogP contribution in [0.4, 0.5) is 0 Å². The predicted octanol–water partition coefficient (Wildman–Crippen LogP) is 4.34. The third-order valence-corrected chi connectivity index (χ3v) is 5.13. The first-order chi connectivity index (χ1) is 13.2. The number of aromatic nitrogens is 1. The van der Waals surface area contributed by atoms with Crippen molar-refractivity contribution in [3.05, 3.63) is 89.2 Å². The predicted molar refractivity (Wildman–Crippen MR) is 103 cm³/mol. The molecule has 5 heteroatoms. The summed E-state index contributed by atoms with van der Waals surface area (Å²) in [5, 5.41) is 17.2. The lowest BCUT2D eigenvalue weighted by Gasteiger charge is -2.38. The first kappa shape index (κ1) is 15.9. The molecule has 27 heavy (non-hydrogen) atoms. The number of aromatic hydroxyl groups is 1. The zero-order valence-electron chi connectivity index (χ0n) is 14.9. The Kier molecular flexibility index (Phi) is 3.60. The molecule has 0 aliphatic carbocycles. The van der Waals surface area contributed by atoms with Crippen LogP contribution >= 0.6 is 0 Å². The van der Waals surface area contributed by atoms with Gasteiger partial charge in [0.15, 0.2) is 0 Å². The van der Waals surface area contributed by atoms with E-state index in [0.29, 0.717) is 6.42 Å². The molecule has 0 spiro atoms. The minimum atomic E-state index is -0.344. The van der Waals surface area contributed by atoms with Gasteiger partial charge in [0.25, 0.3) is 0 Å². The molecule has 2 aromatic carbocycles. The highest BCUT2D eigenvalue weighted by Gasteiger charge is 2.41. The van der Waals surface area contributed by atoms with Gasteiger partial charge in [-0.1, -0.05) is 35.9 Å². The van der Waals surface area contributed by atoms with Crippen molar-refractivity contribution >= 4 is 5.71 Å². The van der Waals surface area contributed by atoms with Crippen molar-refractivity contribution in [2.45, 2.75) is 25.6 Å². The van der Waals surface area contributed by atoms with Gasteiger partial charge in [-0.2, -0.15) is 5.10 Å². The summed E-state index contributed by atoms with van der Waals surface area (Å²) in [5.74, 6) is 1.13. The second-order valence-corrected chi connectivity index (χ2v) is 6.96. The van der Waals surface area contributed by atoms with Crippen LogP contribution in [0.15, 0.2) is 72.1 Å². The maximum absolute atomic E-state index is 10.4. The van der Waals surface area contributed by atoms with Crippen molar-refractivity contribution in [1.29, 1.82) is 0 Å². The van der Waals surface area contributed by atoms with E-state index < -0.39 is 0 Å². The van der Waals surface area contributed by atoms with Gasteiger partial charge in [-0.3, -0.25) is 4.98 Å². The van der Waals surface area contributed by atoms with Crippen LogP contribution in [0.3, 0.4) is 0 Å². The molecular weight excluding hydrogens is 338 g/mol. The van der Waals surface area contributed by atoms with E-state index in [4.69, 9.17) is 9.84 Å². The van der Waals surface area contributed by atoms with E-state index in [2.05, 4.69) is 11.1 Å². The highest BCUT2D eigenvalue weighted by molar-refractivity contribution is 6.04. The van der Waals surface area contributed by atoms with Crippen molar-refractivity contribution in [3.8, 4) is 11.5 Å². The van der Waals surface area contributed by atoms with Gasteiger partial charge in [0, 0.05) is 35.5 Å². The first-order valence-corrected chi connectivity index (χ1v) is 9.02. The van der Waals surface area contributed by atoms with Crippen LogP contribution < -0.4 is 4.74 Å². The molecule has 0 saturated carbocycles. The lowest BCUT2D eigenvalue weighted by molar-refractivity contribution is -0.0192. The lowest BCUT2D eigenvalue weighted by atomic mass is 9.95. The Labute approximate surface area is 157 Å². The molecule has 0 saturated heterocycles. The third kappa shape index (κ3) is 2.63. The Hall–Kier alpha value is -3.34. The molecule has 0 radical (unpaired) electrons. The topological polar surface area (TPSA) is 58.0 Å². The number of fused-ring (bicyclic) bond motifs is 3. The molecule has 1 aromatic heterocycles. The van der Waals surface area contributed by atoms with E-state index in [9.17, 15) is 5.11 Å². The first-order valence-electron chi connectivity index (χ1n) is 9.02. The fraction of sp³-hybridized carbons (Fsp3) is 0.182. The number of ether oxygens (including phenoxy) is 1. The fourth-order valence-corrected chi connectivity index (χ4v) is 3.82. The molecular formula is C22H19N3O2. The Morgan fingerprint density at radius 1 is 1.11 bits per heavy atom. The maximum atomic E-state index is 10.4. The molecule has 5 rings (SSSR count). The molecule has 1 N–H and O–H groups in total. The maximum Gasteiger partial charge on any atom is 0.215 e. The minimum Gasteiger partial charge on any atom is -0.507 e. The van der Waals surface area contributed by atoms with E-state index in [0.717, 1.165) is 33.7 Å². The summed E-state index contributed by atoms with van der Waals surface area (Å²) in [6.45, 7) is 2.02. The van der Waals surface area contributed by atoms with E-state index in [-0.39, 0.29) is 18.0 Å². The fourth-order valence-electron chi connectivity index (χ4n) is 3.82. The molecule has 2 aliphatic heterocycles. The Morgan fingerprint density at radius 3 is 2.85 bits per heavy atom. The summed E-state index contributed by atoms with van der Waals surface area (Å²) in [6.07, 6.45) is 3.94. The lowest BCUT2D eigenvalue weighted by Crippen LogP contribution is -2.33. The van der Waals surface area contributed by atoms with Crippen molar-refractivity contribution in [2.24, 2.45) is 5.10 Å². The highest BCUT2D eigenvalue weighted by Crippen LogP contribution is 2.47. The molecule has 0 fully saturated rings. The van der Waals surface area contributed by atoms with E-state index in [1.807, 2.05) is 60.6 Å². The van der Waals surface area contributed by atoms with Crippen LogP contribution in [-0.4, -0.2) is 20.8 Å². The van der Waals surface area contributed by atoms with E-state index >= 15 is 0 Å². The van der Waals surface area contributed by atoms with Gasteiger partial charge in [-0.15, -0.1) is 0 Å². The molecule has 134 valence electrons. The molecule has 2 aliphatic rings. The van der Waals surface area contributed by atoms with Gasteiger partial charge in [-0.25, -0.2) is 5.01 Å². The van der Waals surface area contributed by atoms with E-state index in [1.54, 1.807) is 12.3 Å². The van der Waals surface area contributed by atoms with Crippen LogP contribution in [0.2, 0.25) is 0 Å². The zero-order chi connectivity index (χ0) is 18.4. The molecule has 0 unspecified atom stereocenters. The Balaban J connectivity index is 1.62. The second-order valence-electron chi connectivity index (χ2n) is 6.96. The van der Waals surface area contributed by atoms with Gasteiger partial charge in [0.05, 0.1) is 11.8 Å². The average molecular weight is 357 g/mol. The number of aryl methyl sites for hydroxylation is 1. The monoisotopic (exact) mass is 357 g/mol. The quantitative estimate of drug-likeness (QED) is 0.741. The third-order valence-electron chi connectivity index (χ3n) is 5.13.